The minimum absolute atomic E-state index is 0.173. The second-order valence-electron chi connectivity index (χ2n) is 6.78. The smallest absolute Gasteiger partial charge is 0.185 e. The first-order valence-electron chi connectivity index (χ1n) is 7.60. The summed E-state index contributed by atoms with van der Waals surface area (Å²) in [6, 6.07) is 0. The molecule has 2 fully saturated rings. The molecule has 1 aliphatic heterocycles. The first-order valence-corrected chi connectivity index (χ1v) is 9.57. The van der Waals surface area contributed by atoms with Crippen molar-refractivity contribution in [1.29, 1.82) is 0 Å². The fourth-order valence-electron chi connectivity index (χ4n) is 2.39. The van der Waals surface area contributed by atoms with Crippen LogP contribution in [0.4, 0.5) is 5.13 Å². The molecule has 0 amide bonds. The minimum atomic E-state index is 0.173. The Morgan fingerprint density at radius 1 is 1.25 bits per heavy atom. The van der Waals surface area contributed by atoms with Crippen molar-refractivity contribution in [3.63, 3.8) is 0 Å². The SMILES string of the molecule is CC(C)(C)NCc1sc(N2CCSCC2)nc1C1CC1. The number of thioether (sulfide) groups is 1. The van der Waals surface area contributed by atoms with Crippen molar-refractivity contribution in [2.24, 2.45) is 0 Å². The summed E-state index contributed by atoms with van der Waals surface area (Å²) < 4.78 is 0. The summed E-state index contributed by atoms with van der Waals surface area (Å²) in [6.07, 6.45) is 2.67. The Balaban J connectivity index is 1.75. The number of nitrogens with zero attached hydrogens (tertiary/aromatic N) is 2. The van der Waals surface area contributed by atoms with Crippen LogP contribution in [0.5, 0.6) is 0 Å². The van der Waals surface area contributed by atoms with Gasteiger partial charge < -0.3 is 10.2 Å². The van der Waals surface area contributed by atoms with Crippen LogP contribution in [0.2, 0.25) is 0 Å². The molecule has 1 aromatic rings. The van der Waals surface area contributed by atoms with Gasteiger partial charge in [-0.2, -0.15) is 11.8 Å². The summed E-state index contributed by atoms with van der Waals surface area (Å²) in [5.41, 5.74) is 1.56. The highest BCUT2D eigenvalue weighted by Gasteiger charge is 2.31. The summed E-state index contributed by atoms with van der Waals surface area (Å²) in [5.74, 6) is 3.23. The molecule has 0 unspecified atom stereocenters. The fraction of sp³-hybridized carbons (Fsp3) is 0.800. The highest BCUT2D eigenvalue weighted by atomic mass is 32.2. The Kier molecular flexibility index (Phi) is 4.29. The van der Waals surface area contributed by atoms with E-state index in [2.05, 4.69) is 42.7 Å². The Morgan fingerprint density at radius 3 is 2.55 bits per heavy atom. The summed E-state index contributed by atoms with van der Waals surface area (Å²) in [5, 5.41) is 4.89. The van der Waals surface area contributed by atoms with Crippen LogP contribution in [0.25, 0.3) is 0 Å². The number of nitrogens with one attached hydrogen (secondary N) is 1. The van der Waals surface area contributed by atoms with Crippen molar-refractivity contribution in [3.05, 3.63) is 10.6 Å². The first-order chi connectivity index (χ1) is 9.53. The standard InChI is InChI=1S/C15H25N3S2/c1-15(2,3)16-10-12-13(11-4-5-11)17-14(20-12)18-6-8-19-9-7-18/h11,16H,4-10H2,1-3H3. The number of hydrogen-bond donors (Lipinski definition) is 1. The lowest BCUT2D eigenvalue weighted by Gasteiger charge is -2.25. The lowest BCUT2D eigenvalue weighted by Crippen LogP contribution is -2.35. The molecule has 3 rings (SSSR count). The zero-order valence-corrected chi connectivity index (χ0v) is 14.4. The normalized spacial score (nSPS) is 20.4. The maximum absolute atomic E-state index is 4.99. The van der Waals surface area contributed by atoms with Crippen LogP contribution in [0.3, 0.4) is 0 Å². The highest BCUT2D eigenvalue weighted by molar-refractivity contribution is 7.99. The molecule has 5 heteroatoms. The highest BCUT2D eigenvalue weighted by Crippen LogP contribution is 2.44. The van der Waals surface area contributed by atoms with Gasteiger partial charge in [-0.15, -0.1) is 11.3 Å². The summed E-state index contributed by atoms with van der Waals surface area (Å²) in [7, 11) is 0. The Labute approximate surface area is 130 Å². The number of rotatable bonds is 4. The van der Waals surface area contributed by atoms with Gasteiger partial charge in [-0.25, -0.2) is 4.98 Å². The molecule has 0 radical (unpaired) electrons. The maximum atomic E-state index is 4.99. The largest absolute Gasteiger partial charge is 0.346 e. The van der Waals surface area contributed by atoms with Gasteiger partial charge in [-0.3, -0.25) is 0 Å². The molecule has 0 bridgehead atoms. The molecule has 0 spiro atoms. The topological polar surface area (TPSA) is 28.2 Å². The van der Waals surface area contributed by atoms with Gasteiger partial charge in [0.15, 0.2) is 5.13 Å². The third-order valence-electron chi connectivity index (χ3n) is 3.74. The predicted molar refractivity (Wildman–Crippen MR) is 90.2 cm³/mol. The molecule has 2 aliphatic rings. The molecule has 112 valence electrons. The second-order valence-corrected chi connectivity index (χ2v) is 9.07. The number of aromatic nitrogens is 1. The van der Waals surface area contributed by atoms with E-state index in [1.165, 1.54) is 40.0 Å². The molecule has 20 heavy (non-hydrogen) atoms. The maximum Gasteiger partial charge on any atom is 0.185 e. The van der Waals surface area contributed by atoms with Crippen LogP contribution in [0, 0.1) is 0 Å². The molecule has 0 aromatic carbocycles. The van der Waals surface area contributed by atoms with Crippen molar-refractivity contribution in [1.82, 2.24) is 10.3 Å². The third-order valence-corrected chi connectivity index (χ3v) is 5.82. The Bertz CT molecular complexity index is 454. The zero-order chi connectivity index (χ0) is 14.2. The number of hydrogen-bond acceptors (Lipinski definition) is 5. The lowest BCUT2D eigenvalue weighted by atomic mass is 10.1. The van der Waals surface area contributed by atoms with Gasteiger partial charge in [0.2, 0.25) is 0 Å². The van der Waals surface area contributed by atoms with E-state index < -0.39 is 0 Å². The summed E-state index contributed by atoms with van der Waals surface area (Å²) in [4.78, 5) is 8.94. The average Bonchev–Trinajstić information content (AvgIpc) is 3.17. The monoisotopic (exact) mass is 311 g/mol. The first kappa shape index (κ1) is 14.7. The molecule has 1 aliphatic carbocycles. The van der Waals surface area contributed by atoms with E-state index >= 15 is 0 Å². The van der Waals surface area contributed by atoms with E-state index in [-0.39, 0.29) is 5.54 Å². The van der Waals surface area contributed by atoms with Crippen LogP contribution in [-0.2, 0) is 6.54 Å². The Hall–Kier alpha value is -0.260. The quantitative estimate of drug-likeness (QED) is 0.922. The molecule has 1 saturated heterocycles. The van der Waals surface area contributed by atoms with Crippen molar-refractivity contribution in [3.8, 4) is 0 Å². The second kappa shape index (κ2) is 5.85. The third kappa shape index (κ3) is 3.68. The van der Waals surface area contributed by atoms with Crippen molar-refractivity contribution in [2.75, 3.05) is 29.5 Å². The number of anilines is 1. The van der Waals surface area contributed by atoms with Gasteiger partial charge in [-0.05, 0) is 33.6 Å². The molecule has 1 saturated carbocycles. The zero-order valence-electron chi connectivity index (χ0n) is 12.7. The van der Waals surface area contributed by atoms with Crippen LogP contribution < -0.4 is 10.2 Å². The molecule has 1 aromatic heterocycles. The van der Waals surface area contributed by atoms with Gasteiger partial charge in [0.1, 0.15) is 0 Å². The molecular weight excluding hydrogens is 286 g/mol. The van der Waals surface area contributed by atoms with Gasteiger partial charge >= 0.3 is 0 Å². The summed E-state index contributed by atoms with van der Waals surface area (Å²) >= 11 is 3.98. The predicted octanol–water partition coefficient (Wildman–Crippen LogP) is 3.46. The number of thiazole rings is 1. The van der Waals surface area contributed by atoms with Crippen LogP contribution in [0.15, 0.2) is 0 Å². The molecular formula is C15H25N3S2. The van der Waals surface area contributed by atoms with Crippen molar-refractivity contribution in [2.45, 2.75) is 51.6 Å². The van der Waals surface area contributed by atoms with Gasteiger partial charge in [0.05, 0.1) is 5.69 Å². The van der Waals surface area contributed by atoms with Crippen molar-refractivity contribution >= 4 is 28.2 Å². The van der Waals surface area contributed by atoms with Crippen LogP contribution >= 0.6 is 23.1 Å². The molecule has 2 heterocycles. The van der Waals surface area contributed by atoms with E-state index in [0.717, 1.165) is 25.6 Å². The van der Waals surface area contributed by atoms with Crippen LogP contribution in [-0.4, -0.2) is 35.1 Å². The molecule has 0 atom stereocenters. The van der Waals surface area contributed by atoms with E-state index in [1.54, 1.807) is 0 Å². The van der Waals surface area contributed by atoms with E-state index in [4.69, 9.17) is 4.98 Å². The fourth-order valence-corrected chi connectivity index (χ4v) is 4.43. The summed E-state index contributed by atoms with van der Waals surface area (Å²) in [6.45, 7) is 9.98. The van der Waals surface area contributed by atoms with Gasteiger partial charge in [0.25, 0.3) is 0 Å². The minimum Gasteiger partial charge on any atom is -0.346 e. The average molecular weight is 312 g/mol. The van der Waals surface area contributed by atoms with E-state index in [0.29, 0.717) is 0 Å². The van der Waals surface area contributed by atoms with Gasteiger partial charge in [-0.1, -0.05) is 0 Å². The van der Waals surface area contributed by atoms with Gasteiger partial charge in [0, 0.05) is 47.5 Å². The van der Waals surface area contributed by atoms with Crippen LogP contribution in [0.1, 0.15) is 50.1 Å². The Morgan fingerprint density at radius 2 is 1.95 bits per heavy atom. The van der Waals surface area contributed by atoms with E-state index in [1.807, 2.05) is 11.3 Å². The molecule has 1 N–H and O–H groups in total. The van der Waals surface area contributed by atoms with E-state index in [9.17, 15) is 0 Å². The lowest BCUT2D eigenvalue weighted by molar-refractivity contribution is 0.425. The van der Waals surface area contributed by atoms with Crippen molar-refractivity contribution < 1.29 is 0 Å². The molecule has 3 nitrogen and oxygen atoms in total.